The molecule has 1 fully saturated rings. The Bertz CT molecular complexity index is 525. The van der Waals surface area contributed by atoms with Gasteiger partial charge in [-0.05, 0) is 44.1 Å². The van der Waals surface area contributed by atoms with Crippen LogP contribution in [0.25, 0.3) is 0 Å². The number of benzene rings is 1. The standard InChI is InChI=1S/C14H17Cl2N3O2/c15-10-5-9(6-11(16)7-10)14(21)19(8-13(17)20)12-1-3-18-4-2-12/h5-7,12,18H,1-4,8H2,(H2,17,20). The van der Waals surface area contributed by atoms with E-state index in [9.17, 15) is 9.59 Å². The number of hydrogen-bond donors (Lipinski definition) is 2. The number of nitrogens with one attached hydrogen (secondary N) is 1. The van der Waals surface area contributed by atoms with Gasteiger partial charge >= 0.3 is 0 Å². The van der Waals surface area contributed by atoms with Gasteiger partial charge in [-0.15, -0.1) is 0 Å². The number of carbonyl (C=O) groups is 2. The van der Waals surface area contributed by atoms with E-state index in [2.05, 4.69) is 5.32 Å². The average molecular weight is 330 g/mol. The van der Waals surface area contributed by atoms with E-state index in [-0.39, 0.29) is 18.5 Å². The van der Waals surface area contributed by atoms with Crippen molar-refractivity contribution in [3.05, 3.63) is 33.8 Å². The molecule has 3 N–H and O–H groups in total. The minimum absolute atomic E-state index is 0.0102. The summed E-state index contributed by atoms with van der Waals surface area (Å²) in [7, 11) is 0. The highest BCUT2D eigenvalue weighted by Crippen LogP contribution is 2.22. The summed E-state index contributed by atoms with van der Waals surface area (Å²) in [5, 5.41) is 3.99. The molecule has 2 amide bonds. The second kappa shape index (κ2) is 7.11. The zero-order chi connectivity index (χ0) is 15.4. The van der Waals surface area contributed by atoms with Crippen LogP contribution < -0.4 is 11.1 Å². The molecule has 2 rings (SSSR count). The lowest BCUT2D eigenvalue weighted by atomic mass is 10.0. The Morgan fingerprint density at radius 2 is 1.76 bits per heavy atom. The molecule has 1 aliphatic rings. The Balaban J connectivity index is 2.25. The van der Waals surface area contributed by atoms with Crippen molar-refractivity contribution < 1.29 is 9.59 Å². The Morgan fingerprint density at radius 3 is 2.29 bits per heavy atom. The molecule has 21 heavy (non-hydrogen) atoms. The van der Waals surface area contributed by atoms with E-state index < -0.39 is 5.91 Å². The van der Waals surface area contributed by atoms with Gasteiger partial charge in [0.2, 0.25) is 5.91 Å². The number of primary amides is 1. The number of piperidine rings is 1. The summed E-state index contributed by atoms with van der Waals surface area (Å²) in [5.74, 6) is -0.805. The van der Waals surface area contributed by atoms with Crippen LogP contribution in [0.5, 0.6) is 0 Å². The van der Waals surface area contributed by atoms with Crippen LogP contribution in [0, 0.1) is 0 Å². The van der Waals surface area contributed by atoms with Crippen molar-refractivity contribution in [2.45, 2.75) is 18.9 Å². The van der Waals surface area contributed by atoms with Gasteiger partial charge in [0.15, 0.2) is 0 Å². The molecule has 1 aromatic rings. The second-order valence-electron chi connectivity index (χ2n) is 5.04. The summed E-state index contributed by atoms with van der Waals surface area (Å²) >= 11 is 11.9. The van der Waals surface area contributed by atoms with Gasteiger partial charge in [-0.3, -0.25) is 9.59 Å². The van der Waals surface area contributed by atoms with Gasteiger partial charge in [0.25, 0.3) is 5.91 Å². The summed E-state index contributed by atoms with van der Waals surface area (Å²) in [6, 6.07) is 4.64. The Hall–Kier alpha value is -1.30. The fourth-order valence-electron chi connectivity index (χ4n) is 2.50. The molecule has 0 bridgehead atoms. The summed E-state index contributed by atoms with van der Waals surface area (Å²) in [6.07, 6.45) is 1.57. The molecule has 114 valence electrons. The fraction of sp³-hybridized carbons (Fsp3) is 0.429. The minimum Gasteiger partial charge on any atom is -0.368 e. The van der Waals surface area contributed by atoms with Gasteiger partial charge in [0.1, 0.15) is 0 Å². The van der Waals surface area contributed by atoms with Crippen molar-refractivity contribution in [1.29, 1.82) is 0 Å². The summed E-state index contributed by atoms with van der Waals surface area (Å²) in [5.41, 5.74) is 5.64. The van der Waals surface area contributed by atoms with Crippen molar-refractivity contribution in [2.75, 3.05) is 19.6 Å². The molecule has 0 radical (unpaired) electrons. The minimum atomic E-state index is -0.532. The third-order valence-corrected chi connectivity index (χ3v) is 3.88. The molecule has 0 saturated carbocycles. The predicted octanol–water partition coefficient (Wildman–Crippen LogP) is 1.67. The van der Waals surface area contributed by atoms with Crippen LogP contribution in [0.15, 0.2) is 18.2 Å². The van der Waals surface area contributed by atoms with E-state index in [1.807, 2.05) is 0 Å². The normalized spacial score (nSPS) is 15.7. The first-order chi connectivity index (χ1) is 9.97. The van der Waals surface area contributed by atoms with Gasteiger partial charge in [-0.2, -0.15) is 0 Å². The van der Waals surface area contributed by atoms with E-state index in [4.69, 9.17) is 28.9 Å². The molecule has 5 nitrogen and oxygen atoms in total. The first kappa shape index (κ1) is 16.1. The van der Waals surface area contributed by atoms with Crippen LogP contribution >= 0.6 is 23.2 Å². The first-order valence-electron chi connectivity index (χ1n) is 6.73. The average Bonchev–Trinajstić information content (AvgIpc) is 2.44. The highest BCUT2D eigenvalue weighted by atomic mass is 35.5. The summed E-state index contributed by atoms with van der Waals surface area (Å²) in [6.45, 7) is 1.51. The van der Waals surface area contributed by atoms with E-state index in [0.717, 1.165) is 25.9 Å². The zero-order valence-corrected chi connectivity index (χ0v) is 13.0. The van der Waals surface area contributed by atoms with Crippen LogP contribution in [-0.4, -0.2) is 42.4 Å². The number of nitrogens with zero attached hydrogens (tertiary/aromatic N) is 1. The highest BCUT2D eigenvalue weighted by Gasteiger charge is 2.27. The van der Waals surface area contributed by atoms with Crippen molar-refractivity contribution in [3.8, 4) is 0 Å². The molecular weight excluding hydrogens is 313 g/mol. The van der Waals surface area contributed by atoms with Gasteiger partial charge < -0.3 is 16.0 Å². The van der Waals surface area contributed by atoms with Crippen LogP contribution in [0.1, 0.15) is 23.2 Å². The summed E-state index contributed by atoms with van der Waals surface area (Å²) < 4.78 is 0. The van der Waals surface area contributed by atoms with E-state index in [0.29, 0.717) is 15.6 Å². The number of amides is 2. The molecule has 1 aromatic carbocycles. The molecule has 1 aliphatic heterocycles. The Morgan fingerprint density at radius 1 is 1.19 bits per heavy atom. The maximum atomic E-state index is 12.7. The Kier molecular flexibility index (Phi) is 5.45. The lowest BCUT2D eigenvalue weighted by Gasteiger charge is -2.34. The number of halogens is 2. The Labute approximate surface area is 133 Å². The molecule has 0 atom stereocenters. The summed E-state index contributed by atoms with van der Waals surface area (Å²) in [4.78, 5) is 25.5. The zero-order valence-electron chi connectivity index (χ0n) is 11.4. The maximum Gasteiger partial charge on any atom is 0.254 e. The topological polar surface area (TPSA) is 75.4 Å². The van der Waals surface area contributed by atoms with Crippen LogP contribution in [0.3, 0.4) is 0 Å². The van der Waals surface area contributed by atoms with E-state index in [1.54, 1.807) is 18.2 Å². The number of nitrogens with two attached hydrogens (primary N) is 1. The van der Waals surface area contributed by atoms with Gasteiger partial charge in [-0.1, -0.05) is 23.2 Å². The molecule has 0 unspecified atom stereocenters. The van der Waals surface area contributed by atoms with Crippen molar-refractivity contribution >= 4 is 35.0 Å². The number of rotatable bonds is 4. The van der Waals surface area contributed by atoms with Gasteiger partial charge in [0.05, 0.1) is 6.54 Å². The number of carbonyl (C=O) groups excluding carboxylic acids is 2. The maximum absolute atomic E-state index is 12.7. The first-order valence-corrected chi connectivity index (χ1v) is 7.49. The highest BCUT2D eigenvalue weighted by molar-refractivity contribution is 6.35. The van der Waals surface area contributed by atoms with Gasteiger partial charge in [-0.25, -0.2) is 0 Å². The predicted molar refractivity (Wildman–Crippen MR) is 82.6 cm³/mol. The molecule has 0 aliphatic carbocycles. The molecular formula is C14H17Cl2N3O2. The third kappa shape index (κ3) is 4.33. The van der Waals surface area contributed by atoms with E-state index in [1.165, 1.54) is 4.90 Å². The molecule has 1 saturated heterocycles. The number of hydrogen-bond acceptors (Lipinski definition) is 3. The van der Waals surface area contributed by atoms with Gasteiger partial charge in [0, 0.05) is 21.7 Å². The lowest BCUT2D eigenvalue weighted by molar-refractivity contribution is -0.119. The lowest BCUT2D eigenvalue weighted by Crippen LogP contribution is -2.49. The van der Waals surface area contributed by atoms with Crippen LogP contribution in [-0.2, 0) is 4.79 Å². The van der Waals surface area contributed by atoms with Crippen LogP contribution in [0.4, 0.5) is 0 Å². The quantitative estimate of drug-likeness (QED) is 0.882. The van der Waals surface area contributed by atoms with E-state index >= 15 is 0 Å². The molecule has 7 heteroatoms. The second-order valence-corrected chi connectivity index (χ2v) is 5.91. The SMILES string of the molecule is NC(=O)CN(C(=O)c1cc(Cl)cc(Cl)c1)C1CCNCC1. The molecule has 0 aromatic heterocycles. The fourth-order valence-corrected chi connectivity index (χ4v) is 3.02. The monoisotopic (exact) mass is 329 g/mol. The smallest absolute Gasteiger partial charge is 0.254 e. The van der Waals surface area contributed by atoms with Crippen LogP contribution in [0.2, 0.25) is 10.0 Å². The molecule has 0 spiro atoms. The van der Waals surface area contributed by atoms with Crippen molar-refractivity contribution in [1.82, 2.24) is 10.2 Å². The molecule has 1 heterocycles. The third-order valence-electron chi connectivity index (χ3n) is 3.45. The van der Waals surface area contributed by atoms with Crippen molar-refractivity contribution in [3.63, 3.8) is 0 Å². The largest absolute Gasteiger partial charge is 0.368 e. The van der Waals surface area contributed by atoms with Crippen molar-refractivity contribution in [2.24, 2.45) is 5.73 Å².